The number of carbonyl (C=O) groups is 2. The lowest BCUT2D eigenvalue weighted by Crippen LogP contribution is -2.43. The standard InChI is InChI=1S/C18H23ClN2O4/c19-14-6-4-13(5-7-14)10-20-16(22)17(23)21-11-15-12-24-18(25-15)8-2-1-3-9-18/h4-7,15H,1-3,8-12H2,(H,20,22)(H,21,23). The molecule has 7 heteroatoms. The Hall–Kier alpha value is -1.63. The maximum Gasteiger partial charge on any atom is 0.309 e. The van der Waals surface area contributed by atoms with Crippen molar-refractivity contribution < 1.29 is 19.1 Å². The SMILES string of the molecule is O=C(NCc1ccc(Cl)cc1)C(=O)NCC1COC2(CCCCC2)O1. The van der Waals surface area contributed by atoms with Crippen LogP contribution >= 0.6 is 11.6 Å². The van der Waals surface area contributed by atoms with Gasteiger partial charge in [-0.25, -0.2) is 0 Å². The van der Waals surface area contributed by atoms with Crippen molar-refractivity contribution in [2.24, 2.45) is 0 Å². The van der Waals surface area contributed by atoms with E-state index >= 15 is 0 Å². The lowest BCUT2D eigenvalue weighted by atomic mass is 9.94. The quantitative estimate of drug-likeness (QED) is 0.800. The smallest absolute Gasteiger partial charge is 0.309 e. The molecule has 0 aromatic heterocycles. The fourth-order valence-electron chi connectivity index (χ4n) is 3.22. The van der Waals surface area contributed by atoms with E-state index in [9.17, 15) is 9.59 Å². The van der Waals surface area contributed by atoms with Crippen LogP contribution < -0.4 is 10.6 Å². The first-order valence-electron chi connectivity index (χ1n) is 8.69. The van der Waals surface area contributed by atoms with E-state index in [0.717, 1.165) is 31.2 Å². The third-order valence-electron chi connectivity index (χ3n) is 4.59. The Morgan fingerprint density at radius 2 is 1.76 bits per heavy atom. The molecule has 2 aliphatic rings. The minimum absolute atomic E-state index is 0.203. The molecule has 1 atom stereocenters. The molecule has 2 amide bonds. The van der Waals surface area contributed by atoms with Gasteiger partial charge in [0.1, 0.15) is 6.10 Å². The van der Waals surface area contributed by atoms with E-state index < -0.39 is 17.6 Å². The molecule has 1 aromatic rings. The fraction of sp³-hybridized carbons (Fsp3) is 0.556. The summed E-state index contributed by atoms with van der Waals surface area (Å²) < 4.78 is 11.8. The Bertz CT molecular complexity index is 614. The van der Waals surface area contributed by atoms with Crippen molar-refractivity contribution in [2.45, 2.75) is 50.5 Å². The van der Waals surface area contributed by atoms with E-state index in [0.29, 0.717) is 11.6 Å². The van der Waals surface area contributed by atoms with E-state index in [4.69, 9.17) is 21.1 Å². The first-order valence-corrected chi connectivity index (χ1v) is 9.06. The number of halogens is 1. The highest BCUT2D eigenvalue weighted by molar-refractivity contribution is 6.35. The van der Waals surface area contributed by atoms with Gasteiger partial charge < -0.3 is 20.1 Å². The molecule has 1 saturated carbocycles. The number of hydrogen-bond acceptors (Lipinski definition) is 4. The number of nitrogens with one attached hydrogen (secondary N) is 2. The molecular weight excluding hydrogens is 344 g/mol. The Morgan fingerprint density at radius 1 is 1.08 bits per heavy atom. The number of rotatable bonds is 4. The molecule has 1 aromatic carbocycles. The van der Waals surface area contributed by atoms with Gasteiger partial charge in [-0.3, -0.25) is 9.59 Å². The van der Waals surface area contributed by atoms with Gasteiger partial charge in [0.2, 0.25) is 0 Å². The summed E-state index contributed by atoms with van der Waals surface area (Å²) >= 11 is 5.81. The summed E-state index contributed by atoms with van der Waals surface area (Å²) in [7, 11) is 0. The number of amides is 2. The minimum Gasteiger partial charge on any atom is -0.347 e. The van der Waals surface area contributed by atoms with E-state index in [1.165, 1.54) is 6.42 Å². The van der Waals surface area contributed by atoms with Crippen LogP contribution in [0.4, 0.5) is 0 Å². The van der Waals surface area contributed by atoms with Gasteiger partial charge in [0.25, 0.3) is 0 Å². The number of hydrogen-bond donors (Lipinski definition) is 2. The van der Waals surface area contributed by atoms with Crippen LogP contribution in [0.25, 0.3) is 0 Å². The Labute approximate surface area is 152 Å². The highest BCUT2D eigenvalue weighted by Crippen LogP contribution is 2.37. The molecule has 6 nitrogen and oxygen atoms in total. The Morgan fingerprint density at radius 3 is 2.48 bits per heavy atom. The van der Waals surface area contributed by atoms with Crippen molar-refractivity contribution in [1.29, 1.82) is 0 Å². The maximum atomic E-state index is 11.9. The van der Waals surface area contributed by atoms with Crippen molar-refractivity contribution >= 4 is 23.4 Å². The minimum atomic E-state index is -0.666. The second-order valence-electron chi connectivity index (χ2n) is 6.54. The van der Waals surface area contributed by atoms with E-state index in [1.54, 1.807) is 24.3 Å². The van der Waals surface area contributed by atoms with Crippen LogP contribution in [0.2, 0.25) is 5.02 Å². The zero-order valence-corrected chi connectivity index (χ0v) is 14.8. The number of ether oxygens (including phenoxy) is 2. The molecule has 2 fully saturated rings. The molecule has 1 saturated heterocycles. The maximum absolute atomic E-state index is 11.9. The lowest BCUT2D eigenvalue weighted by molar-refractivity contribution is -0.186. The number of benzene rings is 1. The van der Waals surface area contributed by atoms with Crippen molar-refractivity contribution in [3.63, 3.8) is 0 Å². The summed E-state index contributed by atoms with van der Waals surface area (Å²) in [5.74, 6) is -1.80. The predicted octanol–water partition coefficient (Wildman–Crippen LogP) is 2.15. The summed E-state index contributed by atoms with van der Waals surface area (Å²) in [6.45, 7) is 0.997. The molecule has 0 radical (unpaired) electrons. The molecular formula is C18H23ClN2O4. The normalized spacial score (nSPS) is 21.9. The fourth-order valence-corrected chi connectivity index (χ4v) is 3.35. The zero-order chi connectivity index (χ0) is 17.7. The number of carbonyl (C=O) groups excluding carboxylic acids is 2. The second kappa shape index (κ2) is 8.17. The van der Waals surface area contributed by atoms with Crippen LogP contribution in [-0.4, -0.2) is 36.9 Å². The predicted molar refractivity (Wildman–Crippen MR) is 92.9 cm³/mol. The van der Waals surface area contributed by atoms with Crippen molar-refractivity contribution in [2.75, 3.05) is 13.2 Å². The Kier molecular flexibility index (Phi) is 5.93. The Balaban J connectivity index is 1.38. The highest BCUT2D eigenvalue weighted by Gasteiger charge is 2.42. The first-order chi connectivity index (χ1) is 12.1. The average molecular weight is 367 g/mol. The van der Waals surface area contributed by atoms with Gasteiger partial charge in [-0.15, -0.1) is 0 Å². The molecule has 0 bridgehead atoms. The molecule has 1 spiro atoms. The second-order valence-corrected chi connectivity index (χ2v) is 6.98. The summed E-state index contributed by atoms with van der Waals surface area (Å²) in [5.41, 5.74) is 0.873. The van der Waals surface area contributed by atoms with Crippen LogP contribution in [0.15, 0.2) is 24.3 Å². The van der Waals surface area contributed by atoms with Gasteiger partial charge in [0, 0.05) is 31.0 Å². The van der Waals surface area contributed by atoms with Gasteiger partial charge in [0.05, 0.1) is 6.61 Å². The molecule has 136 valence electrons. The third kappa shape index (κ3) is 4.93. The van der Waals surface area contributed by atoms with Crippen LogP contribution in [0.1, 0.15) is 37.7 Å². The summed E-state index contributed by atoms with van der Waals surface area (Å²) in [6.07, 6.45) is 5.02. The largest absolute Gasteiger partial charge is 0.347 e. The van der Waals surface area contributed by atoms with Gasteiger partial charge in [-0.1, -0.05) is 30.2 Å². The summed E-state index contributed by atoms with van der Waals surface area (Å²) in [4.78, 5) is 23.8. The molecule has 1 aliphatic carbocycles. The van der Waals surface area contributed by atoms with Crippen LogP contribution in [-0.2, 0) is 25.6 Å². The van der Waals surface area contributed by atoms with Crippen molar-refractivity contribution in [1.82, 2.24) is 10.6 Å². The van der Waals surface area contributed by atoms with Gasteiger partial charge >= 0.3 is 11.8 Å². The van der Waals surface area contributed by atoms with E-state index in [-0.39, 0.29) is 19.2 Å². The van der Waals surface area contributed by atoms with E-state index in [2.05, 4.69) is 10.6 Å². The first kappa shape index (κ1) is 18.2. The van der Waals surface area contributed by atoms with Gasteiger partial charge in [0.15, 0.2) is 5.79 Å². The van der Waals surface area contributed by atoms with Crippen molar-refractivity contribution in [3.05, 3.63) is 34.9 Å². The van der Waals surface area contributed by atoms with Gasteiger partial charge in [-0.05, 0) is 30.5 Å². The van der Waals surface area contributed by atoms with Crippen LogP contribution in [0.5, 0.6) is 0 Å². The van der Waals surface area contributed by atoms with E-state index in [1.807, 2.05) is 0 Å². The molecule has 2 N–H and O–H groups in total. The lowest BCUT2D eigenvalue weighted by Gasteiger charge is -2.31. The average Bonchev–Trinajstić information content (AvgIpc) is 3.02. The van der Waals surface area contributed by atoms with Crippen LogP contribution in [0, 0.1) is 0 Å². The van der Waals surface area contributed by atoms with Gasteiger partial charge in [-0.2, -0.15) is 0 Å². The van der Waals surface area contributed by atoms with Crippen molar-refractivity contribution in [3.8, 4) is 0 Å². The summed E-state index contributed by atoms with van der Waals surface area (Å²) in [5, 5.41) is 5.83. The monoisotopic (exact) mass is 366 g/mol. The molecule has 1 unspecified atom stereocenters. The topological polar surface area (TPSA) is 76.7 Å². The third-order valence-corrected chi connectivity index (χ3v) is 4.84. The highest BCUT2D eigenvalue weighted by atomic mass is 35.5. The molecule has 1 heterocycles. The summed E-state index contributed by atoms with van der Waals surface area (Å²) in [6, 6.07) is 7.07. The zero-order valence-electron chi connectivity index (χ0n) is 14.1. The molecule has 1 aliphatic heterocycles. The van der Waals surface area contributed by atoms with Crippen LogP contribution in [0.3, 0.4) is 0 Å². The molecule has 25 heavy (non-hydrogen) atoms. The molecule has 3 rings (SSSR count).